The van der Waals surface area contributed by atoms with Crippen LogP contribution in [-0.4, -0.2) is 19.1 Å². The third-order valence-corrected chi connectivity index (χ3v) is 3.79. The lowest BCUT2D eigenvalue weighted by molar-refractivity contribution is 0.547. The molecule has 1 aromatic rings. The second kappa shape index (κ2) is 4.43. The third-order valence-electron chi connectivity index (χ3n) is 2.79. The van der Waals surface area contributed by atoms with E-state index in [9.17, 15) is 0 Å². The second-order valence-corrected chi connectivity index (χ2v) is 5.47. The van der Waals surface area contributed by atoms with Crippen molar-refractivity contribution >= 4 is 11.3 Å². The minimum atomic E-state index is 0.676. The summed E-state index contributed by atoms with van der Waals surface area (Å²) in [4.78, 5) is 2.88. The van der Waals surface area contributed by atoms with E-state index in [1.807, 2.05) is 11.3 Å². The van der Waals surface area contributed by atoms with Gasteiger partial charge >= 0.3 is 0 Å². The zero-order chi connectivity index (χ0) is 9.97. The molecular formula is C11H18N2S. The summed E-state index contributed by atoms with van der Waals surface area (Å²) in [6.07, 6.45) is 1.27. The molecule has 0 radical (unpaired) electrons. The highest BCUT2D eigenvalue weighted by atomic mass is 32.1. The molecule has 1 atom stereocenters. The summed E-state index contributed by atoms with van der Waals surface area (Å²) >= 11 is 1.90. The van der Waals surface area contributed by atoms with E-state index in [-0.39, 0.29) is 0 Å². The maximum atomic E-state index is 3.60. The largest absolute Gasteiger partial charge is 0.315 e. The fourth-order valence-electron chi connectivity index (χ4n) is 1.94. The molecule has 14 heavy (non-hydrogen) atoms. The Morgan fingerprint density at radius 2 is 2.43 bits per heavy atom. The molecular weight excluding hydrogens is 192 g/mol. The molecule has 0 saturated carbocycles. The van der Waals surface area contributed by atoms with E-state index in [0.717, 1.165) is 13.1 Å². The van der Waals surface area contributed by atoms with Crippen LogP contribution in [0.2, 0.25) is 0 Å². The lowest BCUT2D eigenvalue weighted by Gasteiger charge is -2.10. The SMILES string of the molecule is Cc1cc(CNC2CCNC2)c(C)s1. The lowest BCUT2D eigenvalue weighted by Crippen LogP contribution is -2.30. The topological polar surface area (TPSA) is 24.1 Å². The first-order valence-corrected chi connectivity index (χ1v) is 6.07. The molecule has 2 rings (SSSR count). The maximum Gasteiger partial charge on any atom is 0.0219 e. The summed E-state index contributed by atoms with van der Waals surface area (Å²) in [7, 11) is 0. The van der Waals surface area contributed by atoms with Crippen molar-refractivity contribution < 1.29 is 0 Å². The van der Waals surface area contributed by atoms with Gasteiger partial charge in [-0.25, -0.2) is 0 Å². The first kappa shape index (κ1) is 10.1. The minimum absolute atomic E-state index is 0.676. The average Bonchev–Trinajstić information content (AvgIpc) is 2.72. The molecule has 1 fully saturated rings. The van der Waals surface area contributed by atoms with Gasteiger partial charge in [-0.1, -0.05) is 0 Å². The molecule has 1 aliphatic rings. The number of thiophene rings is 1. The summed E-state index contributed by atoms with van der Waals surface area (Å²) in [5.41, 5.74) is 1.47. The van der Waals surface area contributed by atoms with E-state index in [0.29, 0.717) is 6.04 Å². The highest BCUT2D eigenvalue weighted by molar-refractivity contribution is 7.12. The van der Waals surface area contributed by atoms with Crippen LogP contribution in [0, 0.1) is 13.8 Å². The Morgan fingerprint density at radius 3 is 3.00 bits per heavy atom. The van der Waals surface area contributed by atoms with Crippen molar-refractivity contribution in [1.29, 1.82) is 0 Å². The Bertz CT molecular complexity index is 300. The van der Waals surface area contributed by atoms with Crippen LogP contribution >= 0.6 is 11.3 Å². The predicted molar refractivity (Wildman–Crippen MR) is 61.9 cm³/mol. The number of aryl methyl sites for hydroxylation is 2. The fraction of sp³-hybridized carbons (Fsp3) is 0.636. The van der Waals surface area contributed by atoms with Gasteiger partial charge in [0.2, 0.25) is 0 Å². The Labute approximate surface area is 89.7 Å². The minimum Gasteiger partial charge on any atom is -0.315 e. The monoisotopic (exact) mass is 210 g/mol. The molecule has 2 nitrogen and oxygen atoms in total. The maximum absolute atomic E-state index is 3.60. The van der Waals surface area contributed by atoms with Crippen LogP contribution in [0.4, 0.5) is 0 Å². The van der Waals surface area contributed by atoms with Crippen LogP contribution in [0.3, 0.4) is 0 Å². The van der Waals surface area contributed by atoms with E-state index in [4.69, 9.17) is 0 Å². The van der Waals surface area contributed by atoms with Gasteiger partial charge in [0.1, 0.15) is 0 Å². The Hall–Kier alpha value is -0.380. The highest BCUT2D eigenvalue weighted by Gasteiger charge is 2.13. The van der Waals surface area contributed by atoms with Gasteiger partial charge in [0.25, 0.3) is 0 Å². The van der Waals surface area contributed by atoms with Gasteiger partial charge < -0.3 is 10.6 Å². The van der Waals surface area contributed by atoms with E-state index in [1.54, 1.807) is 0 Å². The van der Waals surface area contributed by atoms with Crippen LogP contribution in [0.1, 0.15) is 21.7 Å². The van der Waals surface area contributed by atoms with E-state index >= 15 is 0 Å². The molecule has 2 heterocycles. The van der Waals surface area contributed by atoms with Gasteiger partial charge in [-0.15, -0.1) is 11.3 Å². The first-order chi connectivity index (χ1) is 6.75. The molecule has 2 N–H and O–H groups in total. The summed E-state index contributed by atoms with van der Waals surface area (Å²) in [5.74, 6) is 0. The number of hydrogen-bond acceptors (Lipinski definition) is 3. The zero-order valence-electron chi connectivity index (χ0n) is 8.89. The fourth-order valence-corrected chi connectivity index (χ4v) is 2.89. The van der Waals surface area contributed by atoms with Crippen molar-refractivity contribution in [2.45, 2.75) is 32.9 Å². The van der Waals surface area contributed by atoms with Crippen LogP contribution in [-0.2, 0) is 6.54 Å². The van der Waals surface area contributed by atoms with Crippen molar-refractivity contribution in [3.63, 3.8) is 0 Å². The molecule has 78 valence electrons. The normalized spacial score (nSPS) is 21.7. The van der Waals surface area contributed by atoms with E-state index in [1.165, 1.54) is 28.3 Å². The van der Waals surface area contributed by atoms with Gasteiger partial charge in [-0.05, 0) is 38.4 Å². The van der Waals surface area contributed by atoms with E-state index < -0.39 is 0 Å². The molecule has 1 aromatic heterocycles. The zero-order valence-corrected chi connectivity index (χ0v) is 9.71. The van der Waals surface area contributed by atoms with Crippen molar-refractivity contribution in [2.24, 2.45) is 0 Å². The van der Waals surface area contributed by atoms with Gasteiger partial charge in [0.05, 0.1) is 0 Å². The van der Waals surface area contributed by atoms with Crippen LogP contribution in [0.15, 0.2) is 6.07 Å². The van der Waals surface area contributed by atoms with E-state index in [2.05, 4.69) is 30.5 Å². The average molecular weight is 210 g/mol. The standard InChI is InChI=1S/C11H18N2S/c1-8-5-10(9(2)14-8)6-13-11-3-4-12-7-11/h5,11-13H,3-4,6-7H2,1-2H3. The number of rotatable bonds is 3. The van der Waals surface area contributed by atoms with Gasteiger partial charge in [0, 0.05) is 28.9 Å². The molecule has 0 amide bonds. The van der Waals surface area contributed by atoms with Gasteiger partial charge in [0.15, 0.2) is 0 Å². The molecule has 0 bridgehead atoms. The summed E-state index contributed by atoms with van der Waals surface area (Å²) in [6, 6.07) is 2.98. The van der Waals surface area contributed by atoms with Crippen LogP contribution in [0.5, 0.6) is 0 Å². The molecule has 0 spiro atoms. The quantitative estimate of drug-likeness (QED) is 0.795. The summed E-state index contributed by atoms with van der Waals surface area (Å²) in [5, 5.41) is 6.96. The number of nitrogens with one attached hydrogen (secondary N) is 2. The van der Waals surface area contributed by atoms with Crippen molar-refractivity contribution in [1.82, 2.24) is 10.6 Å². The van der Waals surface area contributed by atoms with Gasteiger partial charge in [-0.3, -0.25) is 0 Å². The lowest BCUT2D eigenvalue weighted by atomic mass is 10.2. The third kappa shape index (κ3) is 2.35. The summed E-state index contributed by atoms with van der Waals surface area (Å²) < 4.78 is 0. The molecule has 1 aliphatic heterocycles. The molecule has 0 aliphatic carbocycles. The molecule has 0 aromatic carbocycles. The van der Waals surface area contributed by atoms with Gasteiger partial charge in [-0.2, -0.15) is 0 Å². The molecule has 1 unspecified atom stereocenters. The smallest absolute Gasteiger partial charge is 0.0219 e. The van der Waals surface area contributed by atoms with Crippen molar-refractivity contribution in [3.05, 3.63) is 21.4 Å². The summed E-state index contributed by atoms with van der Waals surface area (Å²) in [6.45, 7) is 7.71. The second-order valence-electron chi connectivity index (χ2n) is 4.01. The van der Waals surface area contributed by atoms with Crippen LogP contribution < -0.4 is 10.6 Å². The Balaban J connectivity index is 1.87. The highest BCUT2D eigenvalue weighted by Crippen LogP contribution is 2.20. The Kier molecular flexibility index (Phi) is 3.21. The van der Waals surface area contributed by atoms with Crippen molar-refractivity contribution in [3.8, 4) is 0 Å². The number of hydrogen-bond donors (Lipinski definition) is 2. The Morgan fingerprint density at radius 1 is 1.57 bits per heavy atom. The molecule has 1 saturated heterocycles. The van der Waals surface area contributed by atoms with Crippen molar-refractivity contribution in [2.75, 3.05) is 13.1 Å². The molecule has 3 heteroatoms. The first-order valence-electron chi connectivity index (χ1n) is 5.25. The predicted octanol–water partition coefficient (Wildman–Crippen LogP) is 1.82. The van der Waals surface area contributed by atoms with Crippen LogP contribution in [0.25, 0.3) is 0 Å².